The van der Waals surface area contributed by atoms with Crippen LogP contribution in [-0.4, -0.2) is 41.7 Å². The molecule has 98 valence electrons. The molecule has 0 saturated carbocycles. The summed E-state index contributed by atoms with van der Waals surface area (Å²) in [6, 6.07) is 1.89. The van der Waals surface area contributed by atoms with Gasteiger partial charge in [-0.15, -0.1) is 0 Å². The molecule has 3 heterocycles. The van der Waals surface area contributed by atoms with Crippen molar-refractivity contribution in [1.29, 1.82) is 0 Å². The molecule has 0 fully saturated rings. The van der Waals surface area contributed by atoms with Gasteiger partial charge in [0.2, 0.25) is 12.5 Å². The lowest BCUT2D eigenvalue weighted by molar-refractivity contribution is 0.0817. The molecule has 0 radical (unpaired) electrons. The van der Waals surface area contributed by atoms with Gasteiger partial charge in [0.1, 0.15) is 0 Å². The first-order chi connectivity index (χ1) is 9.16. The van der Waals surface area contributed by atoms with Gasteiger partial charge in [-0.3, -0.25) is 4.79 Å². The third-order valence-electron chi connectivity index (χ3n) is 2.62. The maximum Gasteiger partial charge on any atom is 0.276 e. The number of amides is 1. The van der Waals surface area contributed by atoms with E-state index in [0.717, 1.165) is 5.56 Å². The van der Waals surface area contributed by atoms with Crippen LogP contribution in [0, 0.1) is 0 Å². The van der Waals surface area contributed by atoms with Crippen LogP contribution in [0.25, 0.3) is 11.4 Å². The molecular weight excluding hydrogens is 266 g/mol. The molecule has 0 aliphatic carbocycles. The number of hydrogen-bond acceptors (Lipinski definition) is 6. The van der Waals surface area contributed by atoms with Crippen molar-refractivity contribution in [2.45, 2.75) is 0 Å². The molecule has 1 aliphatic heterocycles. The largest absolute Gasteiger partial charge is 0.449 e. The minimum atomic E-state index is -0.236. The maximum atomic E-state index is 12.1. The fraction of sp³-hybridized carbons (Fsp3) is 0.250. The van der Waals surface area contributed by atoms with Crippen molar-refractivity contribution in [3.63, 3.8) is 0 Å². The maximum absolute atomic E-state index is 12.1. The Morgan fingerprint density at radius 2 is 2.21 bits per heavy atom. The number of fused-ring (bicyclic) bond motifs is 1. The van der Waals surface area contributed by atoms with Crippen molar-refractivity contribution in [2.24, 2.45) is 0 Å². The lowest BCUT2D eigenvalue weighted by atomic mass is 10.2. The van der Waals surface area contributed by atoms with Crippen LogP contribution < -0.4 is 9.47 Å². The summed E-state index contributed by atoms with van der Waals surface area (Å²) in [6.45, 7) is 0.0603. The highest BCUT2D eigenvalue weighted by Gasteiger charge is 2.28. The molecule has 1 amide bonds. The number of hydrogen-bond donors (Lipinski definition) is 0. The van der Waals surface area contributed by atoms with Gasteiger partial charge in [-0.05, 0) is 11.4 Å². The molecule has 0 spiro atoms. The summed E-state index contributed by atoms with van der Waals surface area (Å²) in [7, 11) is 3.33. The quantitative estimate of drug-likeness (QED) is 0.835. The Morgan fingerprint density at radius 3 is 2.89 bits per heavy atom. The molecular formula is C12H11N3O3S. The van der Waals surface area contributed by atoms with E-state index in [1.807, 2.05) is 16.8 Å². The van der Waals surface area contributed by atoms with E-state index in [4.69, 9.17) is 9.47 Å². The van der Waals surface area contributed by atoms with Crippen LogP contribution in [0.1, 0.15) is 10.5 Å². The van der Waals surface area contributed by atoms with E-state index in [-0.39, 0.29) is 18.4 Å². The highest BCUT2D eigenvalue weighted by atomic mass is 32.1. The van der Waals surface area contributed by atoms with Crippen LogP contribution in [0.5, 0.6) is 11.6 Å². The van der Waals surface area contributed by atoms with E-state index in [2.05, 4.69) is 9.97 Å². The van der Waals surface area contributed by atoms with Crippen molar-refractivity contribution in [1.82, 2.24) is 14.9 Å². The van der Waals surface area contributed by atoms with Crippen molar-refractivity contribution in [2.75, 3.05) is 20.9 Å². The Hall–Kier alpha value is -2.15. The number of rotatable bonds is 2. The summed E-state index contributed by atoms with van der Waals surface area (Å²) in [5.41, 5.74) is 1.09. The molecule has 0 bridgehead atoms. The van der Waals surface area contributed by atoms with Crippen LogP contribution in [-0.2, 0) is 0 Å². The second-order valence-corrected chi connectivity index (χ2v) is 4.93. The Labute approximate surface area is 113 Å². The molecule has 19 heavy (non-hydrogen) atoms. The monoisotopic (exact) mass is 277 g/mol. The van der Waals surface area contributed by atoms with E-state index >= 15 is 0 Å². The third kappa shape index (κ3) is 2.01. The number of aromatic nitrogens is 2. The van der Waals surface area contributed by atoms with Crippen molar-refractivity contribution in [3.05, 3.63) is 22.5 Å². The van der Waals surface area contributed by atoms with Crippen LogP contribution in [0.15, 0.2) is 16.8 Å². The number of carbonyl (C=O) groups excluding carboxylic acids is 1. The van der Waals surface area contributed by atoms with Crippen molar-refractivity contribution >= 4 is 17.2 Å². The summed E-state index contributed by atoms with van der Waals surface area (Å²) in [6.07, 6.45) is 0. The molecule has 6 nitrogen and oxygen atoms in total. The number of thiophene rings is 1. The summed E-state index contributed by atoms with van der Waals surface area (Å²) in [5.74, 6) is 0.871. The Balaban J connectivity index is 2.15. The van der Waals surface area contributed by atoms with Gasteiger partial charge in [-0.2, -0.15) is 16.3 Å². The van der Waals surface area contributed by atoms with Crippen molar-refractivity contribution in [3.8, 4) is 23.0 Å². The smallest absolute Gasteiger partial charge is 0.276 e. The zero-order valence-corrected chi connectivity index (χ0v) is 11.2. The minimum absolute atomic E-state index is 0.0603. The standard InChI is InChI=1S/C12H11N3O3S/c1-15(2)12(16)8-9-11(18-6-17-9)14-10(13-8)7-3-4-19-5-7/h3-5H,6H2,1-2H3. The summed E-state index contributed by atoms with van der Waals surface area (Å²) < 4.78 is 10.5. The predicted octanol–water partition coefficient (Wildman–Crippen LogP) is 1.64. The topological polar surface area (TPSA) is 64.6 Å². The molecule has 3 rings (SSSR count). The number of nitrogens with zero attached hydrogens (tertiary/aromatic N) is 3. The summed E-state index contributed by atoms with van der Waals surface area (Å²) in [4.78, 5) is 22.2. The average molecular weight is 277 g/mol. The molecule has 0 aromatic carbocycles. The number of carbonyl (C=O) groups is 1. The average Bonchev–Trinajstić information content (AvgIpc) is 3.06. The van der Waals surface area contributed by atoms with Gasteiger partial charge in [0.15, 0.2) is 11.5 Å². The van der Waals surface area contributed by atoms with Crippen molar-refractivity contribution < 1.29 is 14.3 Å². The van der Waals surface area contributed by atoms with Gasteiger partial charge in [0.05, 0.1) is 0 Å². The third-order valence-corrected chi connectivity index (χ3v) is 3.30. The predicted molar refractivity (Wildman–Crippen MR) is 69.5 cm³/mol. The lowest BCUT2D eigenvalue weighted by Gasteiger charge is -2.11. The molecule has 2 aromatic rings. The van der Waals surface area contributed by atoms with Gasteiger partial charge < -0.3 is 14.4 Å². The zero-order valence-electron chi connectivity index (χ0n) is 10.4. The van der Waals surface area contributed by atoms with E-state index in [0.29, 0.717) is 17.5 Å². The van der Waals surface area contributed by atoms with E-state index in [9.17, 15) is 4.79 Å². The molecule has 7 heteroatoms. The fourth-order valence-electron chi connectivity index (χ4n) is 1.68. The first-order valence-corrected chi connectivity index (χ1v) is 6.53. The first-order valence-electron chi connectivity index (χ1n) is 5.58. The van der Waals surface area contributed by atoms with E-state index in [1.165, 1.54) is 4.90 Å². The second-order valence-electron chi connectivity index (χ2n) is 4.15. The second kappa shape index (κ2) is 4.51. The van der Waals surface area contributed by atoms with Crippen LogP contribution in [0.4, 0.5) is 0 Å². The molecule has 0 atom stereocenters. The highest BCUT2D eigenvalue weighted by Crippen LogP contribution is 2.35. The number of ether oxygens (including phenoxy) is 2. The van der Waals surface area contributed by atoms with Crippen LogP contribution in [0.2, 0.25) is 0 Å². The normalized spacial score (nSPS) is 12.5. The van der Waals surface area contributed by atoms with E-state index < -0.39 is 0 Å². The Morgan fingerprint density at radius 1 is 1.37 bits per heavy atom. The summed E-state index contributed by atoms with van der Waals surface area (Å²) >= 11 is 1.54. The lowest BCUT2D eigenvalue weighted by Crippen LogP contribution is -2.23. The minimum Gasteiger partial charge on any atom is -0.449 e. The van der Waals surface area contributed by atoms with Gasteiger partial charge >= 0.3 is 0 Å². The van der Waals surface area contributed by atoms with Crippen LogP contribution in [0.3, 0.4) is 0 Å². The Bertz CT molecular complexity index is 625. The molecule has 0 N–H and O–H groups in total. The fourth-order valence-corrected chi connectivity index (χ4v) is 2.31. The van der Waals surface area contributed by atoms with Gasteiger partial charge in [-0.25, -0.2) is 4.98 Å². The summed E-state index contributed by atoms with van der Waals surface area (Å²) in [5, 5.41) is 3.85. The van der Waals surface area contributed by atoms with E-state index in [1.54, 1.807) is 25.4 Å². The molecule has 1 aliphatic rings. The molecule has 0 unspecified atom stereocenters. The van der Waals surface area contributed by atoms with Gasteiger partial charge in [-0.1, -0.05) is 0 Å². The zero-order chi connectivity index (χ0) is 13.4. The molecule has 0 saturated heterocycles. The van der Waals surface area contributed by atoms with Gasteiger partial charge in [0, 0.05) is 25.0 Å². The highest BCUT2D eigenvalue weighted by molar-refractivity contribution is 7.08. The molecule has 2 aromatic heterocycles. The van der Waals surface area contributed by atoms with Gasteiger partial charge in [0.25, 0.3) is 11.8 Å². The SMILES string of the molecule is CN(C)C(=O)c1nc(-c2ccsc2)nc2c1OCO2. The first kappa shape index (κ1) is 11.9. The Kier molecular flexibility index (Phi) is 2.83. The van der Waals surface area contributed by atoms with Crippen LogP contribution >= 0.6 is 11.3 Å².